The lowest BCUT2D eigenvalue weighted by atomic mass is 10.3. The standard InChI is InChI=1S/C11H16N2O2S/c12-11(14)8-5-10(16-7-8)6-13-15-9-3-1-2-4-9/h5,7,9,13H,1-4,6H2,(H2,12,14). The molecule has 0 aliphatic heterocycles. The number of rotatable bonds is 5. The minimum Gasteiger partial charge on any atom is -0.366 e. The van der Waals surface area contributed by atoms with Crippen LogP contribution in [0.3, 0.4) is 0 Å². The highest BCUT2D eigenvalue weighted by atomic mass is 32.1. The molecule has 0 spiro atoms. The van der Waals surface area contributed by atoms with E-state index in [0.717, 1.165) is 17.7 Å². The minimum atomic E-state index is -0.376. The minimum absolute atomic E-state index is 0.357. The first-order valence-corrected chi connectivity index (χ1v) is 6.39. The van der Waals surface area contributed by atoms with Crippen LogP contribution in [-0.4, -0.2) is 12.0 Å². The van der Waals surface area contributed by atoms with Crippen LogP contribution in [0.5, 0.6) is 0 Å². The molecule has 1 aromatic rings. The maximum atomic E-state index is 10.9. The average Bonchev–Trinajstić information content (AvgIpc) is 2.87. The summed E-state index contributed by atoms with van der Waals surface area (Å²) < 4.78 is 0. The van der Waals surface area contributed by atoms with Gasteiger partial charge in [0.2, 0.25) is 5.91 Å². The Bertz CT molecular complexity index is 359. The van der Waals surface area contributed by atoms with E-state index in [-0.39, 0.29) is 5.91 Å². The number of hydrogen-bond acceptors (Lipinski definition) is 4. The Hall–Kier alpha value is -0.910. The van der Waals surface area contributed by atoms with Gasteiger partial charge < -0.3 is 5.73 Å². The molecule has 1 aliphatic rings. The largest absolute Gasteiger partial charge is 0.366 e. The topological polar surface area (TPSA) is 64.4 Å². The summed E-state index contributed by atoms with van der Waals surface area (Å²) in [6.07, 6.45) is 5.16. The molecule has 0 atom stereocenters. The molecule has 3 N–H and O–H groups in total. The van der Waals surface area contributed by atoms with Gasteiger partial charge in [-0.05, 0) is 18.9 Å². The first-order chi connectivity index (χ1) is 7.75. The van der Waals surface area contributed by atoms with E-state index in [2.05, 4.69) is 5.48 Å². The fourth-order valence-corrected chi connectivity index (χ4v) is 2.64. The van der Waals surface area contributed by atoms with Crippen molar-refractivity contribution in [2.75, 3.05) is 0 Å². The Balaban J connectivity index is 1.74. The molecule has 2 rings (SSSR count). The summed E-state index contributed by atoms with van der Waals surface area (Å²) in [5.74, 6) is -0.376. The van der Waals surface area contributed by atoms with Crippen molar-refractivity contribution >= 4 is 17.2 Å². The summed E-state index contributed by atoms with van der Waals surface area (Å²) in [4.78, 5) is 17.5. The molecule has 88 valence electrons. The number of nitrogens with one attached hydrogen (secondary N) is 1. The monoisotopic (exact) mass is 240 g/mol. The zero-order valence-corrected chi connectivity index (χ0v) is 9.89. The summed E-state index contributed by atoms with van der Waals surface area (Å²) in [6.45, 7) is 0.633. The third-order valence-corrected chi connectivity index (χ3v) is 3.67. The fourth-order valence-electron chi connectivity index (χ4n) is 1.84. The second kappa shape index (κ2) is 5.43. The van der Waals surface area contributed by atoms with Crippen molar-refractivity contribution in [3.63, 3.8) is 0 Å². The molecule has 1 amide bonds. The summed E-state index contributed by atoms with van der Waals surface area (Å²) in [7, 11) is 0. The maximum absolute atomic E-state index is 10.9. The van der Waals surface area contributed by atoms with Crippen LogP contribution in [0.15, 0.2) is 11.4 Å². The first kappa shape index (κ1) is 11.6. The Morgan fingerprint density at radius 2 is 2.31 bits per heavy atom. The maximum Gasteiger partial charge on any atom is 0.249 e. The van der Waals surface area contributed by atoms with Crippen molar-refractivity contribution in [1.82, 2.24) is 5.48 Å². The number of primary amides is 1. The van der Waals surface area contributed by atoms with Crippen molar-refractivity contribution in [2.24, 2.45) is 5.73 Å². The number of hydrogen-bond donors (Lipinski definition) is 2. The van der Waals surface area contributed by atoms with Crippen molar-refractivity contribution in [1.29, 1.82) is 0 Å². The van der Waals surface area contributed by atoms with Crippen LogP contribution < -0.4 is 11.2 Å². The van der Waals surface area contributed by atoms with Crippen molar-refractivity contribution < 1.29 is 9.63 Å². The SMILES string of the molecule is NC(=O)c1csc(CNOC2CCCC2)c1. The molecule has 0 radical (unpaired) electrons. The van der Waals surface area contributed by atoms with E-state index in [4.69, 9.17) is 10.6 Å². The van der Waals surface area contributed by atoms with Gasteiger partial charge in [0.05, 0.1) is 18.2 Å². The molecule has 0 aromatic carbocycles. The average molecular weight is 240 g/mol. The third kappa shape index (κ3) is 3.04. The molecule has 1 aromatic heterocycles. The van der Waals surface area contributed by atoms with Gasteiger partial charge in [-0.25, -0.2) is 0 Å². The lowest BCUT2D eigenvalue weighted by Gasteiger charge is -2.10. The smallest absolute Gasteiger partial charge is 0.249 e. The van der Waals surface area contributed by atoms with Crippen LogP contribution in [-0.2, 0) is 11.4 Å². The summed E-state index contributed by atoms with van der Waals surface area (Å²) >= 11 is 1.52. The van der Waals surface area contributed by atoms with Crippen LogP contribution in [0.1, 0.15) is 40.9 Å². The predicted molar refractivity (Wildman–Crippen MR) is 63.0 cm³/mol. The van der Waals surface area contributed by atoms with Crippen LogP contribution in [0.4, 0.5) is 0 Å². The van der Waals surface area contributed by atoms with E-state index in [0.29, 0.717) is 18.2 Å². The number of amides is 1. The van der Waals surface area contributed by atoms with Gasteiger partial charge in [0, 0.05) is 10.3 Å². The molecule has 4 nitrogen and oxygen atoms in total. The van der Waals surface area contributed by atoms with Crippen LogP contribution in [0.25, 0.3) is 0 Å². The van der Waals surface area contributed by atoms with Crippen molar-refractivity contribution in [3.05, 3.63) is 21.9 Å². The fraction of sp³-hybridized carbons (Fsp3) is 0.545. The van der Waals surface area contributed by atoms with E-state index >= 15 is 0 Å². The lowest BCUT2D eigenvalue weighted by Crippen LogP contribution is -2.20. The first-order valence-electron chi connectivity index (χ1n) is 5.51. The number of carbonyl (C=O) groups excluding carboxylic acids is 1. The van der Waals surface area contributed by atoms with Gasteiger partial charge in [0.25, 0.3) is 0 Å². The van der Waals surface area contributed by atoms with E-state index in [9.17, 15) is 4.79 Å². The molecule has 1 saturated carbocycles. The lowest BCUT2D eigenvalue weighted by molar-refractivity contribution is -0.0239. The van der Waals surface area contributed by atoms with Gasteiger partial charge in [-0.3, -0.25) is 9.63 Å². The number of hydroxylamine groups is 1. The van der Waals surface area contributed by atoms with Gasteiger partial charge in [-0.15, -0.1) is 11.3 Å². The molecule has 1 fully saturated rings. The summed E-state index contributed by atoms with van der Waals surface area (Å²) in [5, 5.41) is 1.77. The molecule has 1 aliphatic carbocycles. The van der Waals surface area contributed by atoms with E-state index in [1.165, 1.54) is 24.2 Å². The quantitative estimate of drug-likeness (QED) is 0.771. The highest BCUT2D eigenvalue weighted by Gasteiger charge is 2.15. The molecular weight excluding hydrogens is 224 g/mol. The molecular formula is C11H16N2O2S. The van der Waals surface area contributed by atoms with Gasteiger partial charge in [0.15, 0.2) is 0 Å². The Labute approximate surface area is 98.7 Å². The number of nitrogens with two attached hydrogens (primary N) is 1. The van der Waals surface area contributed by atoms with E-state index in [1.54, 1.807) is 11.4 Å². The zero-order valence-electron chi connectivity index (χ0n) is 9.07. The van der Waals surface area contributed by atoms with E-state index < -0.39 is 0 Å². The van der Waals surface area contributed by atoms with E-state index in [1.807, 2.05) is 0 Å². The highest BCUT2D eigenvalue weighted by molar-refractivity contribution is 7.10. The Morgan fingerprint density at radius 1 is 1.56 bits per heavy atom. The van der Waals surface area contributed by atoms with Crippen molar-refractivity contribution in [3.8, 4) is 0 Å². The molecule has 16 heavy (non-hydrogen) atoms. The molecule has 0 saturated heterocycles. The Morgan fingerprint density at radius 3 is 2.94 bits per heavy atom. The second-order valence-electron chi connectivity index (χ2n) is 4.01. The van der Waals surface area contributed by atoms with Crippen LogP contribution in [0, 0.1) is 0 Å². The Kier molecular flexibility index (Phi) is 3.93. The summed E-state index contributed by atoms with van der Waals surface area (Å²) in [5.41, 5.74) is 8.70. The second-order valence-corrected chi connectivity index (χ2v) is 5.01. The zero-order chi connectivity index (χ0) is 11.4. The summed E-state index contributed by atoms with van der Waals surface area (Å²) in [6, 6.07) is 1.80. The van der Waals surface area contributed by atoms with Crippen molar-refractivity contribution in [2.45, 2.75) is 38.3 Å². The highest BCUT2D eigenvalue weighted by Crippen LogP contribution is 2.20. The predicted octanol–water partition coefficient (Wildman–Crippen LogP) is 1.81. The van der Waals surface area contributed by atoms with Gasteiger partial charge >= 0.3 is 0 Å². The number of carbonyl (C=O) groups is 1. The van der Waals surface area contributed by atoms with Gasteiger partial charge in [-0.1, -0.05) is 12.8 Å². The van der Waals surface area contributed by atoms with Crippen LogP contribution in [0.2, 0.25) is 0 Å². The molecule has 1 heterocycles. The van der Waals surface area contributed by atoms with Gasteiger partial charge in [-0.2, -0.15) is 5.48 Å². The molecule has 0 unspecified atom stereocenters. The number of thiophene rings is 1. The molecule has 0 bridgehead atoms. The van der Waals surface area contributed by atoms with Gasteiger partial charge in [0.1, 0.15) is 0 Å². The third-order valence-electron chi connectivity index (χ3n) is 2.74. The normalized spacial score (nSPS) is 16.8. The van der Waals surface area contributed by atoms with Crippen LogP contribution >= 0.6 is 11.3 Å². The molecule has 5 heteroatoms.